The smallest absolute Gasteiger partial charge is 0.335 e. The molecule has 5 nitrogen and oxygen atoms in total. The fourth-order valence-corrected chi connectivity index (χ4v) is 1.79. The van der Waals surface area contributed by atoms with Crippen LogP contribution in [0.2, 0.25) is 0 Å². The molecule has 2 aromatic heterocycles. The Morgan fingerprint density at radius 2 is 2.17 bits per heavy atom. The summed E-state index contributed by atoms with van der Waals surface area (Å²) in [5.74, 6) is -0.310. The van der Waals surface area contributed by atoms with Gasteiger partial charge in [-0.15, -0.1) is 0 Å². The lowest BCUT2D eigenvalue weighted by Crippen LogP contribution is -1.95. The van der Waals surface area contributed by atoms with Gasteiger partial charge in [0.1, 0.15) is 5.82 Å². The number of fused-ring (bicyclic) bond motifs is 1. The number of imidazole rings is 1. The Kier molecular flexibility index (Phi) is 2.30. The van der Waals surface area contributed by atoms with E-state index in [1.165, 1.54) is 0 Å². The first-order chi connectivity index (χ1) is 8.74. The number of pyridine rings is 1. The number of H-pyrrole nitrogens is 1. The van der Waals surface area contributed by atoms with E-state index in [4.69, 9.17) is 5.11 Å². The van der Waals surface area contributed by atoms with E-state index in [1.807, 2.05) is 6.07 Å². The van der Waals surface area contributed by atoms with Gasteiger partial charge in [0, 0.05) is 11.8 Å². The molecule has 0 amide bonds. The number of carbonyl (C=O) groups is 1. The first kappa shape index (κ1) is 10.5. The first-order valence-electron chi connectivity index (χ1n) is 5.37. The highest BCUT2D eigenvalue weighted by Gasteiger charge is 2.08. The number of nitrogens with zero attached hydrogens (tertiary/aromatic N) is 2. The number of nitrogens with one attached hydrogen (secondary N) is 1. The van der Waals surface area contributed by atoms with E-state index in [1.54, 1.807) is 36.7 Å². The number of aromatic carboxylic acids is 1. The van der Waals surface area contributed by atoms with Crippen molar-refractivity contribution in [2.24, 2.45) is 0 Å². The van der Waals surface area contributed by atoms with Crippen molar-refractivity contribution in [3.63, 3.8) is 0 Å². The van der Waals surface area contributed by atoms with E-state index >= 15 is 0 Å². The molecule has 0 fully saturated rings. The molecule has 2 N–H and O–H groups in total. The molecule has 0 atom stereocenters. The maximum absolute atomic E-state index is 10.9. The standard InChI is InChI=1S/C13H9N3O2/c17-13(18)9-3-1-2-8(6-9)12-15-10-4-5-14-7-11(10)16-12/h1-7H,(H,15,16)(H,17,18). The quantitative estimate of drug-likeness (QED) is 0.719. The van der Waals surface area contributed by atoms with Gasteiger partial charge < -0.3 is 10.1 Å². The molecule has 0 saturated heterocycles. The van der Waals surface area contributed by atoms with E-state index < -0.39 is 5.97 Å². The summed E-state index contributed by atoms with van der Waals surface area (Å²) >= 11 is 0. The van der Waals surface area contributed by atoms with Crippen molar-refractivity contribution in [1.29, 1.82) is 0 Å². The van der Waals surface area contributed by atoms with E-state index in [0.29, 0.717) is 5.82 Å². The van der Waals surface area contributed by atoms with Crippen LogP contribution >= 0.6 is 0 Å². The topological polar surface area (TPSA) is 78.9 Å². The van der Waals surface area contributed by atoms with Gasteiger partial charge in [0.2, 0.25) is 0 Å². The molecule has 3 aromatic rings. The van der Waals surface area contributed by atoms with E-state index in [2.05, 4.69) is 15.0 Å². The van der Waals surface area contributed by atoms with Gasteiger partial charge in [0.15, 0.2) is 0 Å². The minimum atomic E-state index is -0.949. The fraction of sp³-hybridized carbons (Fsp3) is 0. The second-order valence-corrected chi connectivity index (χ2v) is 3.86. The fourth-order valence-electron chi connectivity index (χ4n) is 1.79. The van der Waals surface area contributed by atoms with Gasteiger partial charge in [0.25, 0.3) is 0 Å². The molecule has 0 radical (unpaired) electrons. The Morgan fingerprint density at radius 3 is 2.94 bits per heavy atom. The molecule has 0 aliphatic carbocycles. The largest absolute Gasteiger partial charge is 0.478 e. The summed E-state index contributed by atoms with van der Waals surface area (Å²) in [6, 6.07) is 8.46. The number of rotatable bonds is 2. The van der Waals surface area contributed by atoms with Crippen LogP contribution in [0.5, 0.6) is 0 Å². The Balaban J connectivity index is 2.13. The molecule has 0 saturated carbocycles. The van der Waals surface area contributed by atoms with Crippen molar-refractivity contribution in [3.8, 4) is 11.4 Å². The second kappa shape index (κ2) is 3.96. The molecule has 0 aliphatic rings. The number of benzene rings is 1. The highest BCUT2D eigenvalue weighted by atomic mass is 16.4. The molecule has 3 rings (SSSR count). The van der Waals surface area contributed by atoms with Gasteiger partial charge in [-0.25, -0.2) is 9.78 Å². The first-order valence-corrected chi connectivity index (χ1v) is 5.37. The summed E-state index contributed by atoms with van der Waals surface area (Å²) in [7, 11) is 0. The Bertz CT molecular complexity index is 701. The molecule has 18 heavy (non-hydrogen) atoms. The number of hydrogen-bond donors (Lipinski definition) is 2. The molecular formula is C13H9N3O2. The van der Waals surface area contributed by atoms with Gasteiger partial charge in [-0.3, -0.25) is 4.98 Å². The van der Waals surface area contributed by atoms with Crippen LogP contribution in [0.1, 0.15) is 10.4 Å². The Labute approximate surface area is 102 Å². The van der Waals surface area contributed by atoms with Crippen LogP contribution in [0.25, 0.3) is 22.4 Å². The summed E-state index contributed by atoms with van der Waals surface area (Å²) in [5.41, 5.74) is 2.62. The normalized spacial score (nSPS) is 10.7. The van der Waals surface area contributed by atoms with Crippen LogP contribution in [0, 0.1) is 0 Å². The number of carboxylic acid groups (broad SMARTS) is 1. The molecule has 2 heterocycles. The van der Waals surface area contributed by atoms with Gasteiger partial charge in [-0.1, -0.05) is 12.1 Å². The summed E-state index contributed by atoms with van der Waals surface area (Å²) in [5, 5.41) is 8.96. The van der Waals surface area contributed by atoms with Gasteiger partial charge >= 0.3 is 5.97 Å². The maximum Gasteiger partial charge on any atom is 0.335 e. The maximum atomic E-state index is 10.9. The molecule has 5 heteroatoms. The van der Waals surface area contributed by atoms with Crippen LogP contribution < -0.4 is 0 Å². The lowest BCUT2D eigenvalue weighted by Gasteiger charge is -1.98. The zero-order chi connectivity index (χ0) is 12.5. The average Bonchev–Trinajstić information content (AvgIpc) is 2.82. The highest BCUT2D eigenvalue weighted by Crippen LogP contribution is 2.20. The molecule has 1 aromatic carbocycles. The van der Waals surface area contributed by atoms with E-state index in [9.17, 15) is 4.79 Å². The predicted molar refractivity (Wildman–Crippen MR) is 66.3 cm³/mol. The van der Waals surface area contributed by atoms with Crippen LogP contribution in [0.3, 0.4) is 0 Å². The van der Waals surface area contributed by atoms with Crippen LogP contribution in [-0.2, 0) is 0 Å². The predicted octanol–water partition coefficient (Wildman–Crippen LogP) is 2.32. The third-order valence-electron chi connectivity index (χ3n) is 2.67. The lowest BCUT2D eigenvalue weighted by molar-refractivity contribution is 0.0697. The van der Waals surface area contributed by atoms with Gasteiger partial charge in [0.05, 0.1) is 22.8 Å². The van der Waals surface area contributed by atoms with E-state index in [-0.39, 0.29) is 5.56 Å². The minimum absolute atomic E-state index is 0.242. The molecule has 0 bridgehead atoms. The van der Waals surface area contributed by atoms with Crippen LogP contribution in [-0.4, -0.2) is 26.0 Å². The van der Waals surface area contributed by atoms with Crippen molar-refractivity contribution >= 4 is 17.0 Å². The number of aromatic nitrogens is 3. The number of carboxylic acids is 1. The number of aromatic amines is 1. The molecular weight excluding hydrogens is 230 g/mol. The second-order valence-electron chi connectivity index (χ2n) is 3.86. The van der Waals surface area contributed by atoms with Crippen molar-refractivity contribution in [2.45, 2.75) is 0 Å². The van der Waals surface area contributed by atoms with Crippen molar-refractivity contribution < 1.29 is 9.90 Å². The zero-order valence-corrected chi connectivity index (χ0v) is 9.29. The molecule has 88 valence electrons. The summed E-state index contributed by atoms with van der Waals surface area (Å²) in [4.78, 5) is 22.4. The van der Waals surface area contributed by atoms with Gasteiger partial charge in [-0.05, 0) is 18.2 Å². The van der Waals surface area contributed by atoms with Crippen molar-refractivity contribution in [1.82, 2.24) is 15.0 Å². The zero-order valence-electron chi connectivity index (χ0n) is 9.29. The summed E-state index contributed by atoms with van der Waals surface area (Å²) in [6.45, 7) is 0. The summed E-state index contributed by atoms with van der Waals surface area (Å²) < 4.78 is 0. The molecule has 0 aliphatic heterocycles. The lowest BCUT2D eigenvalue weighted by atomic mass is 10.1. The average molecular weight is 239 g/mol. The third kappa shape index (κ3) is 1.71. The van der Waals surface area contributed by atoms with Crippen LogP contribution in [0.15, 0.2) is 42.7 Å². The van der Waals surface area contributed by atoms with Crippen molar-refractivity contribution in [2.75, 3.05) is 0 Å². The van der Waals surface area contributed by atoms with Crippen molar-refractivity contribution in [3.05, 3.63) is 48.3 Å². The Hall–Kier alpha value is -2.69. The van der Waals surface area contributed by atoms with Gasteiger partial charge in [-0.2, -0.15) is 0 Å². The Morgan fingerprint density at radius 1 is 1.28 bits per heavy atom. The number of hydrogen-bond acceptors (Lipinski definition) is 3. The van der Waals surface area contributed by atoms with E-state index in [0.717, 1.165) is 16.6 Å². The van der Waals surface area contributed by atoms with Crippen LogP contribution in [0.4, 0.5) is 0 Å². The monoisotopic (exact) mass is 239 g/mol. The minimum Gasteiger partial charge on any atom is -0.478 e. The molecule has 0 unspecified atom stereocenters. The highest BCUT2D eigenvalue weighted by molar-refractivity contribution is 5.89. The molecule has 0 spiro atoms. The third-order valence-corrected chi connectivity index (χ3v) is 2.67. The SMILES string of the molecule is O=C(O)c1cccc(-c2nc3ccncc3[nH]2)c1. The summed E-state index contributed by atoms with van der Waals surface area (Å²) in [6.07, 6.45) is 3.35.